The number of benzene rings is 1. The van der Waals surface area contributed by atoms with Crippen LogP contribution in [0.2, 0.25) is 0 Å². The summed E-state index contributed by atoms with van der Waals surface area (Å²) in [4.78, 5) is 16.5. The molecule has 0 aliphatic heterocycles. The molecular formula is C21H33FIN3O3. The minimum absolute atomic E-state index is 0. The lowest BCUT2D eigenvalue weighted by molar-refractivity contribution is -0.149. The van der Waals surface area contributed by atoms with E-state index in [9.17, 15) is 9.18 Å². The third-order valence-electron chi connectivity index (χ3n) is 4.86. The van der Waals surface area contributed by atoms with Gasteiger partial charge in [0.15, 0.2) is 5.96 Å². The van der Waals surface area contributed by atoms with Crippen LogP contribution in [0.1, 0.15) is 50.7 Å². The van der Waals surface area contributed by atoms with Crippen molar-refractivity contribution in [1.82, 2.24) is 10.6 Å². The van der Waals surface area contributed by atoms with Gasteiger partial charge < -0.3 is 20.1 Å². The van der Waals surface area contributed by atoms with Gasteiger partial charge in [0, 0.05) is 25.3 Å². The quantitative estimate of drug-likeness (QED) is 0.236. The van der Waals surface area contributed by atoms with E-state index in [0.717, 1.165) is 43.8 Å². The van der Waals surface area contributed by atoms with Crippen molar-refractivity contribution in [3.8, 4) is 0 Å². The lowest BCUT2D eigenvalue weighted by atomic mass is 9.86. The highest BCUT2D eigenvalue weighted by Crippen LogP contribution is 2.25. The highest BCUT2D eigenvalue weighted by molar-refractivity contribution is 14.0. The SMILES string of the molecule is CCNC(=NCc1ccc(F)c(COC)c1)NC1CCC(C(=O)OCC)CC1.I. The first-order valence-electron chi connectivity index (χ1n) is 10.0. The molecule has 8 heteroatoms. The van der Waals surface area contributed by atoms with Crippen LogP contribution >= 0.6 is 24.0 Å². The summed E-state index contributed by atoms with van der Waals surface area (Å²) in [6.07, 6.45) is 3.47. The standard InChI is InChI=1S/C21H32FN3O3.HI/c1-4-23-21(24-13-15-6-11-19(22)17(12-15)14-27-3)25-18-9-7-16(8-10-18)20(26)28-5-2;/h6,11-12,16,18H,4-5,7-10,13-14H2,1-3H3,(H2,23,24,25);1H. The van der Waals surface area contributed by atoms with Gasteiger partial charge >= 0.3 is 5.97 Å². The molecule has 1 aromatic carbocycles. The third-order valence-corrected chi connectivity index (χ3v) is 4.86. The minimum Gasteiger partial charge on any atom is -0.466 e. The van der Waals surface area contributed by atoms with E-state index in [4.69, 9.17) is 9.47 Å². The molecule has 1 saturated carbocycles. The second-order valence-electron chi connectivity index (χ2n) is 7.00. The Bertz CT molecular complexity index is 665. The first kappa shape index (κ1) is 25.6. The largest absolute Gasteiger partial charge is 0.466 e. The molecule has 1 aliphatic rings. The minimum atomic E-state index is -0.266. The number of esters is 1. The maximum Gasteiger partial charge on any atom is 0.308 e. The fourth-order valence-corrected chi connectivity index (χ4v) is 3.41. The zero-order chi connectivity index (χ0) is 20.4. The molecule has 0 spiro atoms. The Kier molecular flexibility index (Phi) is 12.1. The molecule has 1 fully saturated rings. The topological polar surface area (TPSA) is 72.0 Å². The number of nitrogens with one attached hydrogen (secondary N) is 2. The Morgan fingerprint density at radius 2 is 1.97 bits per heavy atom. The Labute approximate surface area is 190 Å². The smallest absolute Gasteiger partial charge is 0.308 e. The van der Waals surface area contributed by atoms with Gasteiger partial charge in [-0.05, 0) is 57.2 Å². The third kappa shape index (κ3) is 8.46. The van der Waals surface area contributed by atoms with Crippen molar-refractivity contribution >= 4 is 35.9 Å². The predicted octanol–water partition coefficient (Wildman–Crippen LogP) is 3.77. The first-order valence-corrected chi connectivity index (χ1v) is 10.0. The van der Waals surface area contributed by atoms with E-state index in [2.05, 4.69) is 15.6 Å². The van der Waals surface area contributed by atoms with E-state index < -0.39 is 0 Å². The molecule has 0 atom stereocenters. The van der Waals surface area contributed by atoms with Crippen LogP contribution in [0.25, 0.3) is 0 Å². The van der Waals surface area contributed by atoms with Crippen molar-refractivity contribution in [2.75, 3.05) is 20.3 Å². The van der Waals surface area contributed by atoms with Gasteiger partial charge in [-0.25, -0.2) is 9.38 Å². The molecule has 0 aromatic heterocycles. The summed E-state index contributed by atoms with van der Waals surface area (Å²) in [5.74, 6) is 0.401. The highest BCUT2D eigenvalue weighted by Gasteiger charge is 2.27. The van der Waals surface area contributed by atoms with Crippen LogP contribution in [0, 0.1) is 11.7 Å². The molecule has 0 saturated heterocycles. The van der Waals surface area contributed by atoms with Crippen LogP contribution in [0.15, 0.2) is 23.2 Å². The van der Waals surface area contributed by atoms with Crippen LogP contribution in [-0.4, -0.2) is 38.2 Å². The van der Waals surface area contributed by atoms with Gasteiger partial charge in [0.1, 0.15) is 5.82 Å². The fourth-order valence-electron chi connectivity index (χ4n) is 3.41. The number of carbonyl (C=O) groups is 1. The summed E-state index contributed by atoms with van der Waals surface area (Å²) in [7, 11) is 1.55. The zero-order valence-corrected chi connectivity index (χ0v) is 19.8. The van der Waals surface area contributed by atoms with Gasteiger partial charge in [0.25, 0.3) is 0 Å². The lowest BCUT2D eigenvalue weighted by Gasteiger charge is -2.29. The maximum atomic E-state index is 13.7. The Balaban J connectivity index is 0.00000420. The summed E-state index contributed by atoms with van der Waals surface area (Å²) in [6, 6.07) is 5.26. The number of ether oxygens (including phenoxy) is 2. The number of carbonyl (C=O) groups excluding carboxylic acids is 1. The molecule has 1 aromatic rings. The van der Waals surface area contributed by atoms with Gasteiger partial charge in [-0.3, -0.25) is 4.79 Å². The summed E-state index contributed by atoms with van der Waals surface area (Å²) in [6.45, 7) is 5.73. The van der Waals surface area contributed by atoms with Crippen LogP contribution in [0.4, 0.5) is 4.39 Å². The van der Waals surface area contributed by atoms with Crippen molar-refractivity contribution in [3.05, 3.63) is 35.1 Å². The molecule has 0 bridgehead atoms. The average molecular weight is 521 g/mol. The summed E-state index contributed by atoms with van der Waals surface area (Å²) in [5, 5.41) is 6.71. The summed E-state index contributed by atoms with van der Waals surface area (Å²) >= 11 is 0. The van der Waals surface area contributed by atoms with E-state index in [1.807, 2.05) is 13.8 Å². The first-order chi connectivity index (χ1) is 13.6. The molecule has 29 heavy (non-hydrogen) atoms. The fraction of sp³-hybridized carbons (Fsp3) is 0.619. The second kappa shape index (κ2) is 13.7. The number of aliphatic imine (C=N–C) groups is 1. The molecule has 2 N–H and O–H groups in total. The van der Waals surface area contributed by atoms with Gasteiger partial charge in [0.05, 0.1) is 25.7 Å². The van der Waals surface area contributed by atoms with Crippen LogP contribution in [-0.2, 0) is 27.4 Å². The highest BCUT2D eigenvalue weighted by atomic mass is 127. The van der Waals surface area contributed by atoms with Crippen LogP contribution in [0.3, 0.4) is 0 Å². The lowest BCUT2D eigenvalue weighted by Crippen LogP contribution is -2.45. The number of hydrogen-bond acceptors (Lipinski definition) is 4. The second-order valence-corrected chi connectivity index (χ2v) is 7.00. The number of hydrogen-bond donors (Lipinski definition) is 2. The van der Waals surface area contributed by atoms with Crippen LogP contribution in [0.5, 0.6) is 0 Å². The maximum absolute atomic E-state index is 13.7. The average Bonchev–Trinajstić information content (AvgIpc) is 2.69. The molecule has 2 rings (SSSR count). The van der Waals surface area contributed by atoms with Crippen molar-refractivity contribution in [2.45, 2.75) is 58.7 Å². The summed E-state index contributed by atoms with van der Waals surface area (Å²) < 4.78 is 23.9. The monoisotopic (exact) mass is 521 g/mol. The van der Waals surface area contributed by atoms with Gasteiger partial charge in [0.2, 0.25) is 0 Å². The molecule has 1 aliphatic carbocycles. The molecule has 0 unspecified atom stereocenters. The van der Waals surface area contributed by atoms with Gasteiger partial charge in [-0.1, -0.05) is 6.07 Å². The van der Waals surface area contributed by atoms with Crippen LogP contribution < -0.4 is 10.6 Å². The van der Waals surface area contributed by atoms with Crippen molar-refractivity contribution in [2.24, 2.45) is 10.9 Å². The Morgan fingerprint density at radius 3 is 2.59 bits per heavy atom. The van der Waals surface area contributed by atoms with Gasteiger partial charge in [-0.15, -0.1) is 24.0 Å². The Hall–Kier alpha value is -1.42. The number of methoxy groups -OCH3 is 1. The van der Waals surface area contributed by atoms with Gasteiger partial charge in [-0.2, -0.15) is 0 Å². The number of guanidine groups is 1. The van der Waals surface area contributed by atoms with E-state index in [1.54, 1.807) is 19.2 Å². The van der Waals surface area contributed by atoms with E-state index >= 15 is 0 Å². The molecule has 6 nitrogen and oxygen atoms in total. The van der Waals surface area contributed by atoms with E-state index in [0.29, 0.717) is 18.7 Å². The molecule has 0 heterocycles. The van der Waals surface area contributed by atoms with Crippen molar-refractivity contribution in [3.63, 3.8) is 0 Å². The molecule has 0 radical (unpaired) electrons. The predicted molar refractivity (Wildman–Crippen MR) is 123 cm³/mol. The molecular weight excluding hydrogens is 488 g/mol. The summed E-state index contributed by atoms with van der Waals surface area (Å²) in [5.41, 5.74) is 1.46. The number of nitrogens with zero attached hydrogens (tertiary/aromatic N) is 1. The normalized spacial score (nSPS) is 19.2. The zero-order valence-electron chi connectivity index (χ0n) is 17.5. The Morgan fingerprint density at radius 1 is 1.24 bits per heavy atom. The van der Waals surface area contributed by atoms with Crippen molar-refractivity contribution < 1.29 is 18.7 Å². The number of rotatable bonds is 8. The van der Waals surface area contributed by atoms with E-state index in [1.165, 1.54) is 6.07 Å². The van der Waals surface area contributed by atoms with Crippen molar-refractivity contribution in [1.29, 1.82) is 0 Å². The van der Waals surface area contributed by atoms with E-state index in [-0.39, 0.29) is 54.3 Å². The molecule has 164 valence electrons. The molecule has 0 amide bonds. The number of halogens is 2.